The van der Waals surface area contributed by atoms with E-state index in [1.165, 1.54) is 45.2 Å². The number of ether oxygens (including phenoxy) is 1. The van der Waals surface area contributed by atoms with E-state index in [2.05, 4.69) is 27.4 Å². The summed E-state index contributed by atoms with van der Waals surface area (Å²) in [5.41, 5.74) is 0. The first-order chi connectivity index (χ1) is 10.8. The summed E-state index contributed by atoms with van der Waals surface area (Å²) in [7, 11) is 3.60. The van der Waals surface area contributed by atoms with Crippen molar-refractivity contribution in [2.24, 2.45) is 4.99 Å². The Morgan fingerprint density at radius 3 is 2.52 bits per heavy atom. The third-order valence-corrected chi connectivity index (χ3v) is 4.40. The zero-order valence-electron chi connectivity index (χ0n) is 15.3. The largest absolute Gasteiger partial charge is 0.385 e. The predicted octanol–water partition coefficient (Wildman–Crippen LogP) is 2.85. The summed E-state index contributed by atoms with van der Waals surface area (Å²) >= 11 is 0. The van der Waals surface area contributed by atoms with Crippen LogP contribution in [0.1, 0.15) is 51.9 Å². The van der Waals surface area contributed by atoms with Crippen LogP contribution < -0.4 is 10.6 Å². The van der Waals surface area contributed by atoms with Crippen LogP contribution in [0.15, 0.2) is 4.99 Å². The van der Waals surface area contributed by atoms with Crippen LogP contribution in [0.4, 0.5) is 0 Å². The van der Waals surface area contributed by atoms with Crippen LogP contribution in [0.5, 0.6) is 0 Å². The molecule has 1 fully saturated rings. The average molecular weight is 440 g/mol. The summed E-state index contributed by atoms with van der Waals surface area (Å²) in [6.07, 6.45) is 8.80. The molecule has 0 aromatic rings. The van der Waals surface area contributed by atoms with E-state index in [0.717, 1.165) is 44.5 Å². The molecule has 1 atom stereocenters. The van der Waals surface area contributed by atoms with Crippen LogP contribution in [0, 0.1) is 0 Å². The standard InChI is InChI=1S/C17H36N4O.HI/c1-16-10-5-7-13-21(16)14-9-12-20-17(18-2)19-11-6-4-8-15-22-3;/h16H,4-15H2,1-3H3,(H2,18,19,20);1H. The van der Waals surface area contributed by atoms with Crippen molar-refractivity contribution < 1.29 is 4.74 Å². The first kappa shape index (κ1) is 22.9. The lowest BCUT2D eigenvalue weighted by atomic mass is 10.0. The maximum Gasteiger partial charge on any atom is 0.190 e. The van der Waals surface area contributed by atoms with Gasteiger partial charge in [-0.1, -0.05) is 6.42 Å². The zero-order chi connectivity index (χ0) is 16.0. The number of likely N-dealkylation sites (tertiary alicyclic amines) is 1. The van der Waals surface area contributed by atoms with Gasteiger partial charge < -0.3 is 20.3 Å². The normalized spacial score (nSPS) is 19.3. The third-order valence-electron chi connectivity index (χ3n) is 4.40. The number of hydrogen-bond donors (Lipinski definition) is 2. The highest BCUT2D eigenvalue weighted by Crippen LogP contribution is 2.15. The Morgan fingerprint density at radius 1 is 1.13 bits per heavy atom. The van der Waals surface area contributed by atoms with Gasteiger partial charge in [-0.3, -0.25) is 4.99 Å². The molecule has 0 amide bonds. The van der Waals surface area contributed by atoms with E-state index < -0.39 is 0 Å². The van der Waals surface area contributed by atoms with Gasteiger partial charge in [0.1, 0.15) is 0 Å². The van der Waals surface area contributed by atoms with Crippen LogP contribution >= 0.6 is 24.0 Å². The van der Waals surface area contributed by atoms with Crippen LogP contribution in [-0.2, 0) is 4.74 Å². The molecule has 1 rings (SSSR count). The number of hydrogen-bond acceptors (Lipinski definition) is 3. The minimum atomic E-state index is 0. The van der Waals surface area contributed by atoms with E-state index in [1.807, 2.05) is 7.05 Å². The van der Waals surface area contributed by atoms with Crippen molar-refractivity contribution in [3.05, 3.63) is 0 Å². The second-order valence-electron chi connectivity index (χ2n) is 6.21. The van der Waals surface area contributed by atoms with Gasteiger partial charge in [0, 0.05) is 46.4 Å². The zero-order valence-corrected chi connectivity index (χ0v) is 17.6. The van der Waals surface area contributed by atoms with Crippen LogP contribution in [0.2, 0.25) is 0 Å². The molecular weight excluding hydrogens is 403 g/mol. The van der Waals surface area contributed by atoms with Crippen LogP contribution in [0.3, 0.4) is 0 Å². The van der Waals surface area contributed by atoms with Gasteiger partial charge >= 0.3 is 0 Å². The second kappa shape index (κ2) is 15.4. The van der Waals surface area contributed by atoms with E-state index in [0.29, 0.717) is 0 Å². The Bertz CT molecular complexity index is 302. The molecular formula is C17H37IN4O. The van der Waals surface area contributed by atoms with Crippen molar-refractivity contribution in [2.75, 3.05) is 46.9 Å². The Kier molecular flexibility index (Phi) is 15.4. The molecule has 0 aromatic heterocycles. The molecule has 0 aromatic carbocycles. The molecule has 0 spiro atoms. The quantitative estimate of drug-likeness (QED) is 0.238. The topological polar surface area (TPSA) is 48.9 Å². The summed E-state index contributed by atoms with van der Waals surface area (Å²) < 4.78 is 5.05. The molecule has 23 heavy (non-hydrogen) atoms. The van der Waals surface area contributed by atoms with E-state index in [1.54, 1.807) is 7.11 Å². The summed E-state index contributed by atoms with van der Waals surface area (Å²) in [5.74, 6) is 0.929. The maximum absolute atomic E-state index is 5.05. The molecule has 138 valence electrons. The van der Waals surface area contributed by atoms with Gasteiger partial charge in [-0.2, -0.15) is 0 Å². The molecule has 1 heterocycles. The molecule has 1 unspecified atom stereocenters. The fourth-order valence-corrected chi connectivity index (χ4v) is 2.95. The minimum Gasteiger partial charge on any atom is -0.385 e. The molecule has 0 aliphatic carbocycles. The molecule has 0 bridgehead atoms. The van der Waals surface area contributed by atoms with Gasteiger partial charge in [0.25, 0.3) is 0 Å². The number of rotatable bonds is 10. The number of nitrogens with one attached hydrogen (secondary N) is 2. The van der Waals surface area contributed by atoms with Crippen molar-refractivity contribution in [3.8, 4) is 0 Å². The number of unbranched alkanes of at least 4 members (excludes halogenated alkanes) is 2. The van der Waals surface area contributed by atoms with E-state index in [4.69, 9.17) is 4.74 Å². The molecule has 2 N–H and O–H groups in total. The number of aliphatic imine (C=N–C) groups is 1. The highest BCUT2D eigenvalue weighted by molar-refractivity contribution is 14.0. The van der Waals surface area contributed by atoms with Gasteiger partial charge in [0.15, 0.2) is 5.96 Å². The van der Waals surface area contributed by atoms with E-state index in [-0.39, 0.29) is 24.0 Å². The maximum atomic E-state index is 5.05. The van der Waals surface area contributed by atoms with Gasteiger partial charge in [-0.05, 0) is 52.0 Å². The predicted molar refractivity (Wildman–Crippen MR) is 110 cm³/mol. The molecule has 5 nitrogen and oxygen atoms in total. The summed E-state index contributed by atoms with van der Waals surface area (Å²) in [4.78, 5) is 6.90. The molecule has 1 aliphatic rings. The van der Waals surface area contributed by atoms with Crippen LogP contribution in [-0.4, -0.2) is 63.8 Å². The highest BCUT2D eigenvalue weighted by atomic mass is 127. The van der Waals surface area contributed by atoms with Crippen molar-refractivity contribution in [1.29, 1.82) is 0 Å². The number of halogens is 1. The summed E-state index contributed by atoms with van der Waals surface area (Å²) in [5, 5.41) is 6.79. The van der Waals surface area contributed by atoms with Crippen molar-refractivity contribution in [1.82, 2.24) is 15.5 Å². The Balaban J connectivity index is 0.00000484. The number of methoxy groups -OCH3 is 1. The highest BCUT2D eigenvalue weighted by Gasteiger charge is 2.16. The Hall–Kier alpha value is -0.0800. The fourth-order valence-electron chi connectivity index (χ4n) is 2.95. The van der Waals surface area contributed by atoms with E-state index >= 15 is 0 Å². The van der Waals surface area contributed by atoms with Crippen molar-refractivity contribution in [2.45, 2.75) is 57.9 Å². The van der Waals surface area contributed by atoms with Gasteiger partial charge in [0.05, 0.1) is 0 Å². The number of guanidine groups is 1. The van der Waals surface area contributed by atoms with Gasteiger partial charge in [-0.25, -0.2) is 0 Å². The monoisotopic (exact) mass is 440 g/mol. The summed E-state index contributed by atoms with van der Waals surface area (Å²) in [6.45, 7) is 7.66. The Labute approximate surface area is 160 Å². The fraction of sp³-hybridized carbons (Fsp3) is 0.941. The minimum absolute atomic E-state index is 0. The first-order valence-electron chi connectivity index (χ1n) is 8.95. The van der Waals surface area contributed by atoms with Crippen molar-refractivity contribution in [3.63, 3.8) is 0 Å². The first-order valence-corrected chi connectivity index (χ1v) is 8.95. The van der Waals surface area contributed by atoms with E-state index in [9.17, 15) is 0 Å². The lowest BCUT2D eigenvalue weighted by Gasteiger charge is -2.33. The molecule has 1 saturated heterocycles. The third kappa shape index (κ3) is 11.2. The van der Waals surface area contributed by atoms with Crippen molar-refractivity contribution >= 4 is 29.9 Å². The second-order valence-corrected chi connectivity index (χ2v) is 6.21. The lowest BCUT2D eigenvalue weighted by Crippen LogP contribution is -2.41. The van der Waals surface area contributed by atoms with Gasteiger partial charge in [0.2, 0.25) is 0 Å². The lowest BCUT2D eigenvalue weighted by molar-refractivity contribution is 0.159. The molecule has 0 radical (unpaired) electrons. The average Bonchev–Trinajstić information content (AvgIpc) is 2.54. The molecule has 0 saturated carbocycles. The SMILES string of the molecule is CN=C(NCCCCCOC)NCCCN1CCCCC1C.I. The number of piperidine rings is 1. The molecule has 6 heteroatoms. The Morgan fingerprint density at radius 2 is 1.87 bits per heavy atom. The number of nitrogens with zero attached hydrogens (tertiary/aromatic N) is 2. The molecule has 1 aliphatic heterocycles. The summed E-state index contributed by atoms with van der Waals surface area (Å²) in [6, 6.07) is 0.762. The smallest absolute Gasteiger partial charge is 0.190 e. The van der Waals surface area contributed by atoms with Gasteiger partial charge in [-0.15, -0.1) is 24.0 Å². The van der Waals surface area contributed by atoms with Crippen LogP contribution in [0.25, 0.3) is 0 Å².